The molecule has 84 valence electrons. The summed E-state index contributed by atoms with van der Waals surface area (Å²) in [5, 5.41) is 9.15. The molecule has 0 saturated carbocycles. The van der Waals surface area contributed by atoms with E-state index in [1.54, 1.807) is 0 Å². The molecule has 1 saturated heterocycles. The van der Waals surface area contributed by atoms with Crippen LogP contribution in [0, 0.1) is 5.92 Å². The summed E-state index contributed by atoms with van der Waals surface area (Å²) in [7, 11) is 0. The molecule has 1 amide bonds. The van der Waals surface area contributed by atoms with Crippen molar-refractivity contribution in [3.05, 3.63) is 10.6 Å². The Morgan fingerprint density at radius 2 is 2.33 bits per heavy atom. The van der Waals surface area contributed by atoms with Gasteiger partial charge in [0.15, 0.2) is 0 Å². The highest BCUT2D eigenvalue weighted by molar-refractivity contribution is 6.36. The van der Waals surface area contributed by atoms with E-state index in [-0.39, 0.29) is 25.4 Å². The van der Waals surface area contributed by atoms with Gasteiger partial charge < -0.3 is 10.0 Å². The SMILES string of the molecule is O=C(O)C1CCC(=O)N(CC(Cl)=CCl)C1. The molecular formula is C9H11Cl2NO3. The maximum atomic E-state index is 11.4. The number of hydrogen-bond donors (Lipinski definition) is 1. The van der Waals surface area contributed by atoms with Gasteiger partial charge in [-0.2, -0.15) is 0 Å². The topological polar surface area (TPSA) is 57.6 Å². The van der Waals surface area contributed by atoms with Gasteiger partial charge in [-0.1, -0.05) is 23.2 Å². The second-order valence-electron chi connectivity index (χ2n) is 3.40. The zero-order valence-electron chi connectivity index (χ0n) is 7.95. The monoisotopic (exact) mass is 251 g/mol. The molecule has 1 rings (SSSR count). The van der Waals surface area contributed by atoms with Crippen molar-refractivity contribution in [2.45, 2.75) is 12.8 Å². The fourth-order valence-electron chi connectivity index (χ4n) is 1.49. The van der Waals surface area contributed by atoms with Crippen molar-refractivity contribution in [1.29, 1.82) is 0 Å². The van der Waals surface area contributed by atoms with Crippen LogP contribution in [0.15, 0.2) is 10.6 Å². The third kappa shape index (κ3) is 3.39. The van der Waals surface area contributed by atoms with E-state index in [0.717, 1.165) is 0 Å². The summed E-state index contributed by atoms with van der Waals surface area (Å²) < 4.78 is 0. The van der Waals surface area contributed by atoms with Gasteiger partial charge in [-0.3, -0.25) is 9.59 Å². The van der Waals surface area contributed by atoms with E-state index >= 15 is 0 Å². The molecule has 0 aromatic heterocycles. The van der Waals surface area contributed by atoms with Crippen molar-refractivity contribution in [3.63, 3.8) is 0 Å². The minimum absolute atomic E-state index is 0.0795. The first-order valence-electron chi connectivity index (χ1n) is 4.50. The van der Waals surface area contributed by atoms with Crippen molar-refractivity contribution in [3.8, 4) is 0 Å². The first kappa shape index (κ1) is 12.3. The second-order valence-corrected chi connectivity index (χ2v) is 4.11. The molecule has 6 heteroatoms. The highest BCUT2D eigenvalue weighted by atomic mass is 35.5. The molecule has 1 heterocycles. The summed E-state index contributed by atoms with van der Waals surface area (Å²) in [4.78, 5) is 23.6. The highest BCUT2D eigenvalue weighted by Gasteiger charge is 2.29. The maximum Gasteiger partial charge on any atom is 0.308 e. The molecule has 0 radical (unpaired) electrons. The Kier molecular flexibility index (Phi) is 4.42. The molecule has 0 aliphatic carbocycles. The zero-order chi connectivity index (χ0) is 11.4. The quantitative estimate of drug-likeness (QED) is 0.830. The predicted molar refractivity (Wildman–Crippen MR) is 56.7 cm³/mol. The average Bonchev–Trinajstić information content (AvgIpc) is 2.20. The first-order valence-corrected chi connectivity index (χ1v) is 5.31. The van der Waals surface area contributed by atoms with Crippen LogP contribution in [-0.4, -0.2) is 35.0 Å². The van der Waals surface area contributed by atoms with Gasteiger partial charge in [-0.15, -0.1) is 0 Å². The molecule has 1 aliphatic heterocycles. The number of carbonyl (C=O) groups excluding carboxylic acids is 1. The number of rotatable bonds is 3. The summed E-state index contributed by atoms with van der Waals surface area (Å²) in [5.74, 6) is -1.45. The molecule has 0 aromatic rings. The van der Waals surface area contributed by atoms with Crippen LogP contribution >= 0.6 is 23.2 Å². The minimum atomic E-state index is -0.876. The van der Waals surface area contributed by atoms with Crippen LogP contribution in [0.1, 0.15) is 12.8 Å². The zero-order valence-corrected chi connectivity index (χ0v) is 9.46. The highest BCUT2D eigenvalue weighted by Crippen LogP contribution is 2.19. The summed E-state index contributed by atoms with van der Waals surface area (Å²) >= 11 is 11.0. The van der Waals surface area contributed by atoms with Crippen molar-refractivity contribution in [1.82, 2.24) is 4.90 Å². The minimum Gasteiger partial charge on any atom is -0.481 e. The summed E-state index contributed by atoms with van der Waals surface area (Å²) in [6, 6.07) is 0. The number of halogens is 2. The van der Waals surface area contributed by atoms with E-state index in [4.69, 9.17) is 28.3 Å². The van der Waals surface area contributed by atoms with Gasteiger partial charge in [0.1, 0.15) is 0 Å². The van der Waals surface area contributed by atoms with E-state index in [2.05, 4.69) is 0 Å². The molecule has 1 aliphatic rings. The summed E-state index contributed by atoms with van der Waals surface area (Å²) in [5.41, 5.74) is 1.18. The summed E-state index contributed by atoms with van der Waals surface area (Å²) in [6.07, 6.45) is 0.649. The number of hydrogen-bond acceptors (Lipinski definition) is 2. The number of carbonyl (C=O) groups is 2. The van der Waals surface area contributed by atoms with E-state index < -0.39 is 11.9 Å². The Morgan fingerprint density at radius 3 is 2.87 bits per heavy atom. The summed E-state index contributed by atoms with van der Waals surface area (Å²) in [6.45, 7) is 0.392. The normalized spacial score (nSPS) is 23.1. The maximum absolute atomic E-state index is 11.4. The molecule has 0 aromatic carbocycles. The number of aliphatic carboxylic acids is 1. The fraction of sp³-hybridized carbons (Fsp3) is 0.556. The van der Waals surface area contributed by atoms with Crippen LogP contribution in [0.5, 0.6) is 0 Å². The largest absolute Gasteiger partial charge is 0.481 e. The molecule has 1 atom stereocenters. The standard InChI is InChI=1S/C9H11Cl2NO3/c10-3-7(11)5-12-4-6(9(14)15)1-2-8(12)13/h3,6H,1-2,4-5H2,(H,14,15). The third-order valence-corrected chi connectivity index (χ3v) is 2.91. The van der Waals surface area contributed by atoms with Gasteiger partial charge >= 0.3 is 5.97 Å². The van der Waals surface area contributed by atoms with Gasteiger partial charge in [0.2, 0.25) is 5.91 Å². The first-order chi connectivity index (χ1) is 7.04. The van der Waals surface area contributed by atoms with Gasteiger partial charge in [0.05, 0.1) is 12.5 Å². The van der Waals surface area contributed by atoms with Gasteiger partial charge in [0.25, 0.3) is 0 Å². The van der Waals surface area contributed by atoms with Crippen LogP contribution in [0.3, 0.4) is 0 Å². The Morgan fingerprint density at radius 1 is 1.67 bits per heavy atom. The smallest absolute Gasteiger partial charge is 0.308 e. The number of likely N-dealkylation sites (tertiary alicyclic amines) is 1. The van der Waals surface area contributed by atoms with Crippen LogP contribution < -0.4 is 0 Å². The third-order valence-electron chi connectivity index (χ3n) is 2.31. The van der Waals surface area contributed by atoms with Crippen molar-refractivity contribution >= 4 is 35.1 Å². The van der Waals surface area contributed by atoms with E-state index in [9.17, 15) is 9.59 Å². The van der Waals surface area contributed by atoms with Crippen LogP contribution in [0.25, 0.3) is 0 Å². The van der Waals surface area contributed by atoms with Gasteiger partial charge in [-0.25, -0.2) is 0 Å². The van der Waals surface area contributed by atoms with Crippen molar-refractivity contribution in [2.24, 2.45) is 5.92 Å². The predicted octanol–water partition coefficient (Wildman–Crippen LogP) is 1.63. The lowest BCUT2D eigenvalue weighted by Crippen LogP contribution is -2.43. The molecule has 1 fully saturated rings. The molecule has 15 heavy (non-hydrogen) atoms. The lowest BCUT2D eigenvalue weighted by molar-refractivity contribution is -0.147. The lowest BCUT2D eigenvalue weighted by atomic mass is 9.98. The Balaban J connectivity index is 2.61. The van der Waals surface area contributed by atoms with E-state index in [0.29, 0.717) is 11.5 Å². The number of nitrogens with zero attached hydrogens (tertiary/aromatic N) is 1. The molecular weight excluding hydrogens is 241 g/mol. The number of piperidine rings is 1. The van der Waals surface area contributed by atoms with Crippen LogP contribution in [-0.2, 0) is 9.59 Å². The number of carboxylic acids is 1. The second kappa shape index (κ2) is 5.37. The molecule has 1 N–H and O–H groups in total. The molecule has 0 spiro atoms. The lowest BCUT2D eigenvalue weighted by Gasteiger charge is -2.30. The molecule has 0 bridgehead atoms. The molecule has 4 nitrogen and oxygen atoms in total. The Labute approximate surface area is 97.4 Å². The average molecular weight is 252 g/mol. The van der Waals surface area contributed by atoms with E-state index in [1.165, 1.54) is 10.4 Å². The van der Waals surface area contributed by atoms with E-state index in [1.807, 2.05) is 0 Å². The van der Waals surface area contributed by atoms with Crippen LogP contribution in [0.4, 0.5) is 0 Å². The van der Waals surface area contributed by atoms with Gasteiger partial charge in [0, 0.05) is 23.5 Å². The Bertz CT molecular complexity index is 304. The number of amides is 1. The Hall–Kier alpha value is -0.740. The molecule has 1 unspecified atom stereocenters. The van der Waals surface area contributed by atoms with Crippen LogP contribution in [0.2, 0.25) is 0 Å². The fourth-order valence-corrected chi connectivity index (χ4v) is 1.70. The number of carboxylic acid groups (broad SMARTS) is 1. The van der Waals surface area contributed by atoms with Crippen molar-refractivity contribution < 1.29 is 14.7 Å². The van der Waals surface area contributed by atoms with Gasteiger partial charge in [-0.05, 0) is 6.42 Å². The van der Waals surface area contributed by atoms with Crippen molar-refractivity contribution in [2.75, 3.05) is 13.1 Å².